The van der Waals surface area contributed by atoms with Gasteiger partial charge in [0, 0.05) is 25.2 Å². The maximum atomic E-state index is 12.9. The van der Waals surface area contributed by atoms with E-state index in [4.69, 9.17) is 0 Å². The van der Waals surface area contributed by atoms with E-state index < -0.39 is 14.9 Å². The molecule has 2 N–H and O–H groups in total. The standard InChI is InChI=1S/C18H27N3O5S/c1-13-3-2-10-20(12-13)27(25,26)16-8-9-17(18(11-16)21(23)24)19-14-4-6-15(22)7-5-14/h8-9,11,13-15,19,22H,2-7,10,12H2,1H3/t13-,14?,15?/m1/s1. The van der Waals surface area contributed by atoms with Crippen molar-refractivity contribution in [1.82, 2.24) is 4.31 Å². The van der Waals surface area contributed by atoms with E-state index in [1.807, 2.05) is 6.92 Å². The Morgan fingerprint density at radius 3 is 2.56 bits per heavy atom. The number of aliphatic hydroxyl groups excluding tert-OH is 1. The Morgan fingerprint density at radius 1 is 1.22 bits per heavy atom. The minimum atomic E-state index is -3.74. The summed E-state index contributed by atoms with van der Waals surface area (Å²) in [5, 5.41) is 24.3. The number of nitrogens with one attached hydrogen (secondary N) is 1. The molecule has 9 heteroatoms. The van der Waals surface area contributed by atoms with Crippen LogP contribution < -0.4 is 5.32 Å². The second-order valence-corrected chi connectivity index (χ2v) is 9.63. The van der Waals surface area contributed by atoms with Crippen molar-refractivity contribution in [2.45, 2.75) is 62.5 Å². The predicted octanol–water partition coefficient (Wildman–Crippen LogP) is 2.73. The first-order valence-electron chi connectivity index (χ1n) is 9.50. The molecule has 3 rings (SSSR count). The number of nitrogens with zero attached hydrogens (tertiary/aromatic N) is 2. The van der Waals surface area contributed by atoms with Gasteiger partial charge in [0.2, 0.25) is 10.0 Å². The molecule has 0 spiro atoms. The van der Waals surface area contributed by atoms with E-state index in [1.54, 1.807) is 0 Å². The Balaban J connectivity index is 1.83. The van der Waals surface area contributed by atoms with Gasteiger partial charge < -0.3 is 10.4 Å². The van der Waals surface area contributed by atoms with Gasteiger partial charge in [-0.15, -0.1) is 0 Å². The highest BCUT2D eigenvalue weighted by molar-refractivity contribution is 7.89. The van der Waals surface area contributed by atoms with Crippen LogP contribution in [0.15, 0.2) is 23.1 Å². The lowest BCUT2D eigenvalue weighted by Crippen LogP contribution is -2.39. The number of nitro benzene ring substituents is 1. The van der Waals surface area contributed by atoms with Crippen LogP contribution in [0.4, 0.5) is 11.4 Å². The summed E-state index contributed by atoms with van der Waals surface area (Å²) in [5.41, 5.74) is 0.0969. The molecule has 2 fully saturated rings. The maximum absolute atomic E-state index is 12.9. The number of anilines is 1. The Morgan fingerprint density at radius 2 is 1.93 bits per heavy atom. The van der Waals surface area contributed by atoms with E-state index >= 15 is 0 Å². The van der Waals surface area contributed by atoms with Crippen molar-refractivity contribution < 1.29 is 18.4 Å². The third kappa shape index (κ3) is 4.59. The number of sulfonamides is 1. The number of aliphatic hydroxyl groups is 1. The molecular formula is C18H27N3O5S. The summed E-state index contributed by atoms with van der Waals surface area (Å²) in [7, 11) is -3.74. The van der Waals surface area contributed by atoms with Gasteiger partial charge in [0.15, 0.2) is 0 Å². The molecule has 2 aliphatic rings. The fraction of sp³-hybridized carbons (Fsp3) is 0.667. The topological polar surface area (TPSA) is 113 Å². The summed E-state index contributed by atoms with van der Waals surface area (Å²) < 4.78 is 27.2. The van der Waals surface area contributed by atoms with E-state index in [2.05, 4.69) is 5.32 Å². The van der Waals surface area contributed by atoms with Crippen LogP contribution in [0, 0.1) is 16.0 Å². The zero-order valence-electron chi connectivity index (χ0n) is 15.5. The number of hydrogen-bond donors (Lipinski definition) is 2. The molecule has 0 unspecified atom stereocenters. The van der Waals surface area contributed by atoms with E-state index in [1.165, 1.54) is 16.4 Å². The molecule has 0 aromatic heterocycles. The van der Waals surface area contributed by atoms with Gasteiger partial charge in [0.05, 0.1) is 15.9 Å². The van der Waals surface area contributed by atoms with Crippen LogP contribution in [0.3, 0.4) is 0 Å². The Hall–Kier alpha value is -1.71. The average Bonchev–Trinajstić information content (AvgIpc) is 2.63. The molecule has 8 nitrogen and oxygen atoms in total. The quantitative estimate of drug-likeness (QED) is 0.583. The van der Waals surface area contributed by atoms with Crippen LogP contribution in [-0.4, -0.2) is 48.0 Å². The van der Waals surface area contributed by atoms with Gasteiger partial charge in [0.1, 0.15) is 5.69 Å². The van der Waals surface area contributed by atoms with Gasteiger partial charge in [0.25, 0.3) is 5.69 Å². The molecule has 1 heterocycles. The molecule has 1 aromatic rings. The first kappa shape index (κ1) is 20.0. The van der Waals surface area contributed by atoms with Crippen molar-refractivity contribution in [3.8, 4) is 0 Å². The van der Waals surface area contributed by atoms with Gasteiger partial charge >= 0.3 is 0 Å². The summed E-state index contributed by atoms with van der Waals surface area (Å²) in [6.07, 6.45) is 4.25. The number of piperidine rings is 1. The normalized spacial score (nSPS) is 27.3. The molecule has 1 aliphatic heterocycles. The van der Waals surface area contributed by atoms with E-state index in [-0.39, 0.29) is 28.6 Å². The monoisotopic (exact) mass is 397 g/mol. The van der Waals surface area contributed by atoms with Gasteiger partial charge in [-0.1, -0.05) is 6.92 Å². The lowest BCUT2D eigenvalue weighted by Gasteiger charge is -2.30. The highest BCUT2D eigenvalue weighted by Crippen LogP contribution is 2.32. The first-order valence-corrected chi connectivity index (χ1v) is 10.9. The molecule has 27 heavy (non-hydrogen) atoms. The molecule has 1 aromatic carbocycles. The van der Waals surface area contributed by atoms with Crippen LogP contribution in [0.5, 0.6) is 0 Å². The van der Waals surface area contributed by atoms with Gasteiger partial charge in [-0.3, -0.25) is 10.1 Å². The smallest absolute Gasteiger partial charge is 0.293 e. The average molecular weight is 397 g/mol. The summed E-state index contributed by atoms with van der Waals surface area (Å²) in [6.45, 7) is 2.91. The van der Waals surface area contributed by atoms with Gasteiger partial charge in [-0.05, 0) is 56.6 Å². The fourth-order valence-electron chi connectivity index (χ4n) is 3.90. The number of hydrogen-bond acceptors (Lipinski definition) is 6. The molecule has 0 bridgehead atoms. The Kier molecular flexibility index (Phi) is 6.02. The largest absolute Gasteiger partial charge is 0.393 e. The highest BCUT2D eigenvalue weighted by Gasteiger charge is 2.31. The predicted molar refractivity (Wildman–Crippen MR) is 102 cm³/mol. The van der Waals surface area contributed by atoms with E-state index in [0.717, 1.165) is 31.7 Å². The van der Waals surface area contributed by atoms with Crippen molar-refractivity contribution in [2.75, 3.05) is 18.4 Å². The first-order chi connectivity index (χ1) is 12.8. The zero-order valence-corrected chi connectivity index (χ0v) is 16.3. The lowest BCUT2D eigenvalue weighted by atomic mass is 9.93. The molecule has 1 saturated heterocycles. The van der Waals surface area contributed by atoms with Crippen LogP contribution >= 0.6 is 0 Å². The third-order valence-electron chi connectivity index (χ3n) is 5.48. The highest BCUT2D eigenvalue weighted by atomic mass is 32.2. The molecule has 1 saturated carbocycles. The van der Waals surface area contributed by atoms with Crippen LogP contribution in [0.2, 0.25) is 0 Å². The number of benzene rings is 1. The molecule has 0 radical (unpaired) electrons. The summed E-state index contributed by atoms with van der Waals surface area (Å²) >= 11 is 0. The molecule has 1 atom stereocenters. The van der Waals surface area contributed by atoms with Crippen molar-refractivity contribution in [3.05, 3.63) is 28.3 Å². The van der Waals surface area contributed by atoms with Crippen molar-refractivity contribution >= 4 is 21.4 Å². The van der Waals surface area contributed by atoms with Crippen molar-refractivity contribution in [1.29, 1.82) is 0 Å². The Bertz CT molecular complexity index is 790. The molecule has 0 amide bonds. The van der Waals surface area contributed by atoms with Gasteiger partial charge in [-0.2, -0.15) is 4.31 Å². The summed E-state index contributed by atoms with van der Waals surface area (Å²) in [4.78, 5) is 11.0. The Labute approximate surface area is 159 Å². The van der Waals surface area contributed by atoms with E-state index in [0.29, 0.717) is 31.6 Å². The SMILES string of the molecule is C[C@@H]1CCCN(S(=O)(=O)c2ccc(NC3CCC(O)CC3)c([N+](=O)[O-])c2)C1. The molecular weight excluding hydrogens is 370 g/mol. The summed E-state index contributed by atoms with van der Waals surface area (Å²) in [5.74, 6) is 0.283. The molecule has 150 valence electrons. The molecule has 1 aliphatic carbocycles. The maximum Gasteiger partial charge on any atom is 0.293 e. The van der Waals surface area contributed by atoms with Crippen LogP contribution in [-0.2, 0) is 10.0 Å². The van der Waals surface area contributed by atoms with Crippen molar-refractivity contribution in [2.24, 2.45) is 5.92 Å². The van der Waals surface area contributed by atoms with E-state index in [9.17, 15) is 23.6 Å². The van der Waals surface area contributed by atoms with Gasteiger partial charge in [-0.25, -0.2) is 8.42 Å². The second kappa shape index (κ2) is 8.12. The fourth-order valence-corrected chi connectivity index (χ4v) is 5.52. The second-order valence-electron chi connectivity index (χ2n) is 7.70. The lowest BCUT2D eigenvalue weighted by molar-refractivity contribution is -0.384. The summed E-state index contributed by atoms with van der Waals surface area (Å²) in [6, 6.07) is 4.14. The zero-order chi connectivity index (χ0) is 19.6. The third-order valence-corrected chi connectivity index (χ3v) is 7.34. The number of nitro groups is 1. The number of rotatable bonds is 5. The minimum Gasteiger partial charge on any atom is -0.393 e. The van der Waals surface area contributed by atoms with Crippen LogP contribution in [0.1, 0.15) is 45.4 Å². The van der Waals surface area contributed by atoms with Crippen molar-refractivity contribution in [3.63, 3.8) is 0 Å². The van der Waals surface area contributed by atoms with Crippen LogP contribution in [0.25, 0.3) is 0 Å². The minimum absolute atomic E-state index is 0.0343.